The smallest absolute Gasteiger partial charge is 0.215 e. The zero-order chi connectivity index (χ0) is 22.4. The normalized spacial score (nSPS) is 16.1. The Labute approximate surface area is 189 Å². The number of methoxy groups -OCH3 is 1. The lowest BCUT2D eigenvalue weighted by molar-refractivity contribution is 0.166. The maximum atomic E-state index is 12.7. The zero-order valence-corrected chi connectivity index (χ0v) is 19.0. The first-order valence-electron chi connectivity index (χ1n) is 10.7. The minimum Gasteiger partial charge on any atom is -0.497 e. The van der Waals surface area contributed by atoms with Crippen molar-refractivity contribution < 1.29 is 17.6 Å². The van der Waals surface area contributed by atoms with E-state index in [-0.39, 0.29) is 18.3 Å². The van der Waals surface area contributed by atoms with Gasteiger partial charge in [-0.15, -0.1) is 0 Å². The molecule has 0 bridgehead atoms. The van der Waals surface area contributed by atoms with Crippen LogP contribution in [-0.4, -0.2) is 53.2 Å². The molecule has 170 valence electrons. The number of anilines is 1. The van der Waals surface area contributed by atoms with Crippen LogP contribution in [0, 0.1) is 0 Å². The number of nitrogens with one attached hydrogen (secondary N) is 1. The highest BCUT2D eigenvalue weighted by atomic mass is 32.2. The van der Waals surface area contributed by atoms with E-state index in [1.807, 2.05) is 54.6 Å². The molecule has 3 aromatic rings. The van der Waals surface area contributed by atoms with Crippen molar-refractivity contribution in [2.75, 3.05) is 44.7 Å². The molecule has 1 aromatic heterocycles. The predicted molar refractivity (Wildman–Crippen MR) is 125 cm³/mol. The Kier molecular flexibility index (Phi) is 7.14. The molecule has 1 aliphatic heterocycles. The molecule has 1 aliphatic rings. The van der Waals surface area contributed by atoms with Crippen LogP contribution in [0.1, 0.15) is 17.4 Å². The van der Waals surface area contributed by atoms with Gasteiger partial charge in [-0.1, -0.05) is 30.3 Å². The summed E-state index contributed by atoms with van der Waals surface area (Å²) in [6.07, 6.45) is 1.63. The predicted octanol–water partition coefficient (Wildman–Crippen LogP) is 3.27. The quantitative estimate of drug-likeness (QED) is 0.534. The van der Waals surface area contributed by atoms with Gasteiger partial charge in [-0.05, 0) is 42.0 Å². The van der Waals surface area contributed by atoms with E-state index < -0.39 is 10.0 Å². The molecular weight excluding hydrogens is 426 g/mol. The lowest BCUT2D eigenvalue weighted by Crippen LogP contribution is -2.49. The molecule has 0 radical (unpaired) electrons. The molecule has 2 aromatic carbocycles. The van der Waals surface area contributed by atoms with Crippen molar-refractivity contribution in [3.63, 3.8) is 0 Å². The molecule has 8 heteroatoms. The van der Waals surface area contributed by atoms with E-state index >= 15 is 0 Å². The first kappa shape index (κ1) is 22.4. The van der Waals surface area contributed by atoms with Crippen molar-refractivity contribution in [2.45, 2.75) is 11.8 Å². The summed E-state index contributed by atoms with van der Waals surface area (Å²) in [5.41, 5.74) is 1.92. The number of hydrogen-bond acceptors (Lipinski definition) is 6. The Hall–Kier alpha value is -2.81. The van der Waals surface area contributed by atoms with Gasteiger partial charge in [0.05, 0.1) is 25.2 Å². The summed E-state index contributed by atoms with van der Waals surface area (Å²) in [7, 11) is -1.80. The van der Waals surface area contributed by atoms with Gasteiger partial charge >= 0.3 is 0 Å². The van der Waals surface area contributed by atoms with E-state index in [0.29, 0.717) is 0 Å². The van der Waals surface area contributed by atoms with Gasteiger partial charge in [0.2, 0.25) is 10.0 Å². The molecule has 0 amide bonds. The highest BCUT2D eigenvalue weighted by Gasteiger charge is 2.28. The van der Waals surface area contributed by atoms with Gasteiger partial charge in [0.1, 0.15) is 11.5 Å². The van der Waals surface area contributed by atoms with Gasteiger partial charge in [-0.3, -0.25) is 4.90 Å². The van der Waals surface area contributed by atoms with Gasteiger partial charge in [-0.25, -0.2) is 13.1 Å². The monoisotopic (exact) mass is 455 g/mol. The second kappa shape index (κ2) is 10.2. The third kappa shape index (κ3) is 5.70. The average molecular weight is 456 g/mol. The SMILES string of the molecule is COc1ccc(N2CCN(C(CNS(=O)(=O)Cc3ccccc3)c3ccco3)CC2)cc1. The highest BCUT2D eigenvalue weighted by molar-refractivity contribution is 7.88. The van der Waals surface area contributed by atoms with Crippen LogP contribution in [0.2, 0.25) is 0 Å². The summed E-state index contributed by atoms with van der Waals surface area (Å²) in [5.74, 6) is 1.57. The van der Waals surface area contributed by atoms with E-state index in [4.69, 9.17) is 9.15 Å². The van der Waals surface area contributed by atoms with Gasteiger partial charge < -0.3 is 14.1 Å². The number of sulfonamides is 1. The summed E-state index contributed by atoms with van der Waals surface area (Å²) in [6, 6.07) is 20.9. The van der Waals surface area contributed by atoms with Crippen LogP contribution < -0.4 is 14.4 Å². The molecule has 2 heterocycles. The van der Waals surface area contributed by atoms with E-state index in [1.54, 1.807) is 13.4 Å². The van der Waals surface area contributed by atoms with Crippen LogP contribution >= 0.6 is 0 Å². The van der Waals surface area contributed by atoms with Gasteiger partial charge in [0.25, 0.3) is 0 Å². The molecule has 1 N–H and O–H groups in total. The number of benzene rings is 2. The summed E-state index contributed by atoms with van der Waals surface area (Å²) in [5, 5.41) is 0. The molecular formula is C24H29N3O4S. The molecule has 0 aliphatic carbocycles. The fraction of sp³-hybridized carbons (Fsp3) is 0.333. The highest BCUT2D eigenvalue weighted by Crippen LogP contribution is 2.25. The third-order valence-corrected chi connectivity index (χ3v) is 7.08. The largest absolute Gasteiger partial charge is 0.497 e. The molecule has 4 rings (SSSR count). The molecule has 1 unspecified atom stereocenters. The van der Waals surface area contributed by atoms with Crippen LogP contribution in [0.4, 0.5) is 5.69 Å². The maximum absolute atomic E-state index is 12.7. The first-order chi connectivity index (χ1) is 15.5. The van der Waals surface area contributed by atoms with E-state index in [2.05, 4.69) is 26.7 Å². The zero-order valence-electron chi connectivity index (χ0n) is 18.2. The Morgan fingerprint density at radius 3 is 2.31 bits per heavy atom. The Bertz CT molecular complexity index is 1060. The van der Waals surface area contributed by atoms with Crippen LogP contribution in [0.25, 0.3) is 0 Å². The molecule has 32 heavy (non-hydrogen) atoms. The number of hydrogen-bond donors (Lipinski definition) is 1. The molecule has 1 fully saturated rings. The fourth-order valence-electron chi connectivity index (χ4n) is 4.03. The van der Waals surface area contributed by atoms with Crippen LogP contribution in [0.3, 0.4) is 0 Å². The maximum Gasteiger partial charge on any atom is 0.215 e. The fourth-order valence-corrected chi connectivity index (χ4v) is 5.17. The van der Waals surface area contributed by atoms with Crippen molar-refractivity contribution in [1.29, 1.82) is 0 Å². The lowest BCUT2D eigenvalue weighted by Gasteiger charge is -2.39. The van der Waals surface area contributed by atoms with Crippen molar-refractivity contribution in [3.8, 4) is 5.75 Å². The molecule has 1 saturated heterocycles. The second-order valence-electron chi connectivity index (χ2n) is 7.85. The number of piperazine rings is 1. The van der Waals surface area contributed by atoms with E-state index in [0.717, 1.165) is 48.9 Å². The molecule has 7 nitrogen and oxygen atoms in total. The van der Waals surface area contributed by atoms with Crippen LogP contribution in [-0.2, 0) is 15.8 Å². The number of rotatable bonds is 9. The van der Waals surface area contributed by atoms with Gasteiger partial charge in [-0.2, -0.15) is 0 Å². The topological polar surface area (TPSA) is 75.0 Å². The summed E-state index contributed by atoms with van der Waals surface area (Å²) in [6.45, 7) is 3.57. The first-order valence-corrected chi connectivity index (χ1v) is 12.4. The Balaban J connectivity index is 1.39. The van der Waals surface area contributed by atoms with Crippen molar-refractivity contribution in [3.05, 3.63) is 84.3 Å². The third-order valence-electron chi connectivity index (χ3n) is 5.76. The summed E-state index contributed by atoms with van der Waals surface area (Å²) in [4.78, 5) is 4.61. The van der Waals surface area contributed by atoms with Crippen molar-refractivity contribution >= 4 is 15.7 Å². The van der Waals surface area contributed by atoms with Gasteiger partial charge in [0.15, 0.2) is 0 Å². The number of ether oxygens (including phenoxy) is 1. The standard InChI is InChI=1S/C24H29N3O4S/c1-30-22-11-9-21(10-12-22)26-13-15-27(16-14-26)23(24-8-5-17-31-24)18-25-32(28,29)19-20-6-3-2-4-7-20/h2-12,17,23,25H,13-16,18-19H2,1H3. The van der Waals surface area contributed by atoms with Gasteiger partial charge in [0, 0.05) is 38.4 Å². The summed E-state index contributed by atoms with van der Waals surface area (Å²) >= 11 is 0. The van der Waals surface area contributed by atoms with Crippen LogP contribution in [0.15, 0.2) is 77.4 Å². The minimum absolute atomic E-state index is 0.0377. The molecule has 0 saturated carbocycles. The molecule has 0 spiro atoms. The number of furan rings is 1. The van der Waals surface area contributed by atoms with Crippen LogP contribution in [0.5, 0.6) is 5.75 Å². The average Bonchev–Trinajstić information content (AvgIpc) is 3.35. The van der Waals surface area contributed by atoms with E-state index in [9.17, 15) is 8.42 Å². The Morgan fingerprint density at radius 1 is 0.969 bits per heavy atom. The number of nitrogens with zero attached hydrogens (tertiary/aromatic N) is 2. The molecule has 1 atom stereocenters. The second-order valence-corrected chi connectivity index (χ2v) is 9.65. The Morgan fingerprint density at radius 2 is 1.69 bits per heavy atom. The van der Waals surface area contributed by atoms with E-state index in [1.165, 1.54) is 0 Å². The summed E-state index contributed by atoms with van der Waals surface area (Å²) < 4.78 is 39.0. The lowest BCUT2D eigenvalue weighted by atomic mass is 10.1. The minimum atomic E-state index is -3.46. The van der Waals surface area contributed by atoms with Crippen molar-refractivity contribution in [1.82, 2.24) is 9.62 Å². The van der Waals surface area contributed by atoms with Crippen molar-refractivity contribution in [2.24, 2.45) is 0 Å².